The van der Waals surface area contributed by atoms with Crippen LogP contribution in [0.25, 0.3) is 5.69 Å². The maximum Gasteiger partial charge on any atom is 0.127 e. The Morgan fingerprint density at radius 2 is 1.62 bits per heavy atom. The predicted molar refractivity (Wildman–Crippen MR) is 105 cm³/mol. The maximum atomic E-state index is 4.46. The summed E-state index contributed by atoms with van der Waals surface area (Å²) in [7, 11) is 0. The van der Waals surface area contributed by atoms with Gasteiger partial charge in [-0.2, -0.15) is 0 Å². The topological polar surface area (TPSA) is 54.8 Å². The summed E-state index contributed by atoms with van der Waals surface area (Å²) in [5.41, 5.74) is 3.53. The van der Waals surface area contributed by atoms with Crippen LogP contribution in [0.4, 0.5) is 0 Å². The molecule has 0 saturated heterocycles. The van der Waals surface area contributed by atoms with Crippen molar-refractivity contribution in [1.29, 1.82) is 0 Å². The van der Waals surface area contributed by atoms with Crippen LogP contribution in [-0.4, -0.2) is 27.6 Å². The Kier molecular flexibility index (Phi) is 6.93. The fraction of sp³-hybridized carbons (Fsp3) is 0.333. The minimum absolute atomic E-state index is 0.780. The molecule has 5 heteroatoms. The first-order chi connectivity index (χ1) is 12.8. The minimum Gasteiger partial charge on any atom is -0.311 e. The second kappa shape index (κ2) is 9.85. The number of unbranched alkanes of at least 4 members (excludes halogenated alkanes) is 1. The number of nitrogens with zero attached hydrogens (tertiary/aromatic N) is 3. The number of para-hydroxylation sites is 1. The summed E-state index contributed by atoms with van der Waals surface area (Å²) in [5, 5.41) is 6.96. The van der Waals surface area contributed by atoms with E-state index in [1.165, 1.54) is 5.56 Å². The lowest BCUT2D eigenvalue weighted by Gasteiger charge is -2.09. The van der Waals surface area contributed by atoms with Crippen LogP contribution in [0, 0.1) is 6.92 Å². The summed E-state index contributed by atoms with van der Waals surface area (Å²) in [6.07, 6.45) is 8.00. The van der Waals surface area contributed by atoms with Crippen LogP contribution in [-0.2, 0) is 13.1 Å². The van der Waals surface area contributed by atoms with Gasteiger partial charge in [0, 0.05) is 30.8 Å². The van der Waals surface area contributed by atoms with Gasteiger partial charge in [-0.15, -0.1) is 0 Å². The van der Waals surface area contributed by atoms with E-state index in [2.05, 4.69) is 50.3 Å². The number of hydrogen-bond donors (Lipinski definition) is 2. The molecule has 1 aromatic carbocycles. The summed E-state index contributed by atoms with van der Waals surface area (Å²) in [6.45, 7) is 5.73. The van der Waals surface area contributed by atoms with E-state index in [1.54, 1.807) is 0 Å². The second-order valence-electron chi connectivity index (χ2n) is 6.38. The van der Waals surface area contributed by atoms with E-state index < -0.39 is 0 Å². The first-order valence-corrected chi connectivity index (χ1v) is 9.24. The van der Waals surface area contributed by atoms with Gasteiger partial charge < -0.3 is 15.2 Å². The van der Waals surface area contributed by atoms with Gasteiger partial charge in [0.15, 0.2) is 0 Å². The van der Waals surface area contributed by atoms with E-state index in [-0.39, 0.29) is 0 Å². The van der Waals surface area contributed by atoms with E-state index >= 15 is 0 Å². The van der Waals surface area contributed by atoms with Crippen molar-refractivity contribution < 1.29 is 0 Å². The van der Waals surface area contributed by atoms with Crippen LogP contribution in [0.15, 0.2) is 61.1 Å². The highest BCUT2D eigenvalue weighted by Gasteiger charge is 2.03. The van der Waals surface area contributed by atoms with Crippen LogP contribution >= 0.6 is 0 Å². The number of aryl methyl sites for hydroxylation is 1. The van der Waals surface area contributed by atoms with Gasteiger partial charge in [0.1, 0.15) is 5.82 Å². The van der Waals surface area contributed by atoms with Crippen LogP contribution in [0.2, 0.25) is 0 Å². The molecule has 0 aliphatic heterocycles. The molecule has 5 nitrogen and oxygen atoms in total. The SMILES string of the molecule is Cc1cccnc1CNCCCCNCc1nccn1-c1ccccc1. The Balaban J connectivity index is 1.31. The van der Waals surface area contributed by atoms with Crippen LogP contribution < -0.4 is 10.6 Å². The molecule has 0 atom stereocenters. The smallest absolute Gasteiger partial charge is 0.127 e. The largest absolute Gasteiger partial charge is 0.311 e. The first kappa shape index (κ1) is 18.3. The Morgan fingerprint density at radius 3 is 2.38 bits per heavy atom. The van der Waals surface area contributed by atoms with E-state index in [4.69, 9.17) is 0 Å². The average molecular weight is 349 g/mol. The molecule has 2 aromatic heterocycles. The van der Waals surface area contributed by atoms with Crippen molar-refractivity contribution in [2.45, 2.75) is 32.9 Å². The Bertz CT molecular complexity index is 782. The minimum atomic E-state index is 0.780. The zero-order valence-corrected chi connectivity index (χ0v) is 15.4. The number of aromatic nitrogens is 3. The summed E-state index contributed by atoms with van der Waals surface area (Å²) < 4.78 is 2.13. The van der Waals surface area contributed by atoms with Crippen molar-refractivity contribution in [3.63, 3.8) is 0 Å². The molecule has 0 fully saturated rings. The summed E-state index contributed by atoms with van der Waals surface area (Å²) >= 11 is 0. The van der Waals surface area contributed by atoms with Gasteiger partial charge in [0.25, 0.3) is 0 Å². The molecule has 3 aromatic rings. The fourth-order valence-corrected chi connectivity index (χ4v) is 2.90. The Hall–Kier alpha value is -2.50. The van der Waals surface area contributed by atoms with Gasteiger partial charge in [-0.1, -0.05) is 24.3 Å². The van der Waals surface area contributed by atoms with Gasteiger partial charge in [-0.05, 0) is 56.6 Å². The number of rotatable bonds is 10. The molecule has 0 amide bonds. The van der Waals surface area contributed by atoms with Gasteiger partial charge >= 0.3 is 0 Å². The third-order valence-corrected chi connectivity index (χ3v) is 4.40. The lowest BCUT2D eigenvalue weighted by atomic mass is 10.2. The molecule has 0 radical (unpaired) electrons. The molecule has 0 aliphatic rings. The molecule has 3 rings (SSSR count). The lowest BCUT2D eigenvalue weighted by molar-refractivity contribution is 0.570. The van der Waals surface area contributed by atoms with Gasteiger partial charge in [0.2, 0.25) is 0 Å². The van der Waals surface area contributed by atoms with Crippen molar-refractivity contribution in [3.8, 4) is 5.69 Å². The number of pyridine rings is 1. The number of nitrogens with one attached hydrogen (secondary N) is 2. The van der Waals surface area contributed by atoms with Crippen molar-refractivity contribution >= 4 is 0 Å². The zero-order chi connectivity index (χ0) is 18.0. The molecule has 0 aliphatic carbocycles. The predicted octanol–water partition coefficient (Wildman–Crippen LogP) is 3.24. The fourth-order valence-electron chi connectivity index (χ4n) is 2.90. The number of benzene rings is 1. The molecule has 0 saturated carbocycles. The first-order valence-electron chi connectivity index (χ1n) is 9.24. The monoisotopic (exact) mass is 349 g/mol. The number of imidazole rings is 1. The van der Waals surface area contributed by atoms with Crippen molar-refractivity contribution in [2.75, 3.05) is 13.1 Å². The quantitative estimate of drug-likeness (QED) is 0.552. The highest BCUT2D eigenvalue weighted by molar-refractivity contribution is 5.32. The van der Waals surface area contributed by atoms with E-state index in [1.807, 2.05) is 42.9 Å². The molecular weight excluding hydrogens is 322 g/mol. The standard InChI is InChI=1S/C21H27N5/c1-18-8-7-13-24-20(18)16-22-11-5-6-12-23-17-21-25-14-15-26(21)19-9-3-2-4-10-19/h2-4,7-10,13-15,22-23H,5-6,11-12,16-17H2,1H3. The summed E-state index contributed by atoms with van der Waals surface area (Å²) in [5.74, 6) is 1.04. The highest BCUT2D eigenvalue weighted by Crippen LogP contribution is 2.09. The molecule has 0 unspecified atom stereocenters. The Morgan fingerprint density at radius 1 is 0.846 bits per heavy atom. The molecule has 2 N–H and O–H groups in total. The van der Waals surface area contributed by atoms with E-state index in [9.17, 15) is 0 Å². The van der Waals surface area contributed by atoms with Crippen LogP contribution in [0.5, 0.6) is 0 Å². The molecule has 2 heterocycles. The van der Waals surface area contributed by atoms with E-state index in [0.29, 0.717) is 0 Å². The van der Waals surface area contributed by atoms with Crippen molar-refractivity contribution in [3.05, 3.63) is 78.1 Å². The maximum absolute atomic E-state index is 4.46. The average Bonchev–Trinajstić information content (AvgIpc) is 3.14. The van der Waals surface area contributed by atoms with E-state index in [0.717, 1.165) is 56.2 Å². The molecule has 136 valence electrons. The zero-order valence-electron chi connectivity index (χ0n) is 15.4. The normalized spacial score (nSPS) is 11.0. The van der Waals surface area contributed by atoms with Gasteiger partial charge in [-0.25, -0.2) is 4.98 Å². The van der Waals surface area contributed by atoms with Crippen molar-refractivity contribution in [2.24, 2.45) is 0 Å². The third kappa shape index (κ3) is 5.25. The lowest BCUT2D eigenvalue weighted by Crippen LogP contribution is -2.20. The molecule has 26 heavy (non-hydrogen) atoms. The summed E-state index contributed by atoms with van der Waals surface area (Å²) in [6, 6.07) is 14.4. The highest BCUT2D eigenvalue weighted by atomic mass is 15.1. The molecular formula is C21H27N5. The van der Waals surface area contributed by atoms with Crippen molar-refractivity contribution in [1.82, 2.24) is 25.2 Å². The second-order valence-corrected chi connectivity index (χ2v) is 6.38. The van der Waals surface area contributed by atoms with Gasteiger partial charge in [0.05, 0.1) is 12.2 Å². The third-order valence-electron chi connectivity index (χ3n) is 4.40. The summed E-state index contributed by atoms with van der Waals surface area (Å²) in [4.78, 5) is 8.87. The van der Waals surface area contributed by atoms with Crippen LogP contribution in [0.3, 0.4) is 0 Å². The Labute approximate surface area is 155 Å². The number of hydrogen-bond acceptors (Lipinski definition) is 4. The molecule has 0 spiro atoms. The van der Waals surface area contributed by atoms with Gasteiger partial charge in [-0.3, -0.25) is 4.98 Å². The van der Waals surface area contributed by atoms with Crippen LogP contribution in [0.1, 0.15) is 29.9 Å². The molecule has 0 bridgehead atoms.